The third-order valence-electron chi connectivity index (χ3n) is 3.47. The Labute approximate surface area is 144 Å². The molecule has 0 aliphatic heterocycles. The fraction of sp³-hybridized carbons (Fsp3) is 0. The van der Waals surface area contributed by atoms with E-state index >= 15 is 0 Å². The fourth-order valence-electron chi connectivity index (χ4n) is 2.27. The lowest BCUT2D eigenvalue weighted by Crippen LogP contribution is -2.12. The van der Waals surface area contributed by atoms with E-state index in [1.807, 2.05) is 0 Å². The van der Waals surface area contributed by atoms with E-state index in [2.05, 4.69) is 5.32 Å². The lowest BCUT2D eigenvalue weighted by atomic mass is 10.1. The molecule has 2 N–H and O–H groups in total. The van der Waals surface area contributed by atoms with Crippen LogP contribution < -0.4 is 5.32 Å². The average Bonchev–Trinajstić information content (AvgIpc) is 2.99. The highest BCUT2D eigenvalue weighted by Gasteiger charge is 2.18. The van der Waals surface area contributed by atoms with Crippen LogP contribution in [0.5, 0.6) is 0 Å². The van der Waals surface area contributed by atoms with Crippen LogP contribution in [0.3, 0.4) is 0 Å². The Morgan fingerprint density at radius 3 is 2.60 bits per heavy atom. The summed E-state index contributed by atoms with van der Waals surface area (Å²) in [4.78, 5) is 33.8. The molecule has 0 saturated heterocycles. The predicted octanol–water partition coefficient (Wildman–Crippen LogP) is 3.94. The summed E-state index contributed by atoms with van der Waals surface area (Å²) in [6.07, 6.45) is 1.18. The Morgan fingerprint density at radius 2 is 1.92 bits per heavy atom. The van der Waals surface area contributed by atoms with Gasteiger partial charge in [-0.15, -0.1) is 0 Å². The summed E-state index contributed by atoms with van der Waals surface area (Å²) in [7, 11) is 0. The number of rotatable bonds is 4. The number of furan rings is 1. The largest absolute Gasteiger partial charge is 0.478 e. The molecule has 1 amide bonds. The van der Waals surface area contributed by atoms with Crippen molar-refractivity contribution >= 4 is 45.8 Å². The molecule has 2 aromatic carbocycles. The quantitative estimate of drug-likeness (QED) is 0.536. The number of fused-ring (bicyclic) bond motifs is 1. The standard InChI is InChI=1S/C16H9ClN2O6/c17-13-3-1-8(5-11(13)16(21)22)18-15(20)12-7-25-14-4-2-9(19(23)24)6-10(12)14/h1-7H,(H,18,20)(H,21,22). The first-order chi connectivity index (χ1) is 11.9. The van der Waals surface area contributed by atoms with Crippen LogP contribution in [0.4, 0.5) is 11.4 Å². The SMILES string of the molecule is O=C(O)c1cc(NC(=O)c2coc3ccc([N+](=O)[O-])cc23)ccc1Cl. The minimum absolute atomic E-state index is 0.0369. The normalized spacial score (nSPS) is 10.6. The first-order valence-electron chi connectivity index (χ1n) is 6.86. The monoisotopic (exact) mass is 360 g/mol. The number of hydrogen-bond acceptors (Lipinski definition) is 5. The summed E-state index contributed by atoms with van der Waals surface area (Å²) >= 11 is 5.78. The lowest BCUT2D eigenvalue weighted by Gasteiger charge is -2.06. The van der Waals surface area contributed by atoms with Gasteiger partial charge >= 0.3 is 5.97 Å². The van der Waals surface area contributed by atoms with E-state index in [9.17, 15) is 19.7 Å². The average molecular weight is 361 g/mol. The minimum atomic E-state index is -1.23. The van der Waals surface area contributed by atoms with Gasteiger partial charge in [0.05, 0.1) is 21.1 Å². The summed E-state index contributed by atoms with van der Waals surface area (Å²) < 4.78 is 5.23. The summed E-state index contributed by atoms with van der Waals surface area (Å²) in [5, 5.41) is 22.8. The van der Waals surface area contributed by atoms with Crippen LogP contribution in [0, 0.1) is 10.1 Å². The summed E-state index contributed by atoms with van der Waals surface area (Å²) in [6.45, 7) is 0. The number of carbonyl (C=O) groups is 2. The fourth-order valence-corrected chi connectivity index (χ4v) is 2.47. The molecular weight excluding hydrogens is 352 g/mol. The van der Waals surface area contributed by atoms with Crippen molar-refractivity contribution in [2.45, 2.75) is 0 Å². The maximum Gasteiger partial charge on any atom is 0.337 e. The molecule has 0 radical (unpaired) electrons. The number of nitro benzene ring substituents is 1. The topological polar surface area (TPSA) is 123 Å². The zero-order valence-electron chi connectivity index (χ0n) is 12.4. The Kier molecular flexibility index (Phi) is 4.12. The van der Waals surface area contributed by atoms with Gasteiger partial charge in [0, 0.05) is 23.2 Å². The molecule has 1 aromatic heterocycles. The van der Waals surface area contributed by atoms with Crippen LogP contribution in [-0.4, -0.2) is 21.9 Å². The minimum Gasteiger partial charge on any atom is -0.478 e. The van der Waals surface area contributed by atoms with Crippen LogP contribution in [0.1, 0.15) is 20.7 Å². The second kappa shape index (κ2) is 6.25. The second-order valence-electron chi connectivity index (χ2n) is 5.04. The van der Waals surface area contributed by atoms with E-state index in [1.165, 1.54) is 42.7 Å². The van der Waals surface area contributed by atoms with E-state index in [1.54, 1.807) is 0 Å². The molecule has 8 nitrogen and oxygen atoms in total. The highest BCUT2D eigenvalue weighted by molar-refractivity contribution is 6.33. The molecule has 0 spiro atoms. The maximum absolute atomic E-state index is 12.4. The highest BCUT2D eigenvalue weighted by atomic mass is 35.5. The van der Waals surface area contributed by atoms with Crippen molar-refractivity contribution in [3.63, 3.8) is 0 Å². The van der Waals surface area contributed by atoms with Crippen LogP contribution in [0.2, 0.25) is 5.02 Å². The van der Waals surface area contributed by atoms with E-state index in [4.69, 9.17) is 21.1 Å². The van der Waals surface area contributed by atoms with Gasteiger partial charge in [0.25, 0.3) is 11.6 Å². The van der Waals surface area contributed by atoms with Crippen molar-refractivity contribution in [3.8, 4) is 0 Å². The van der Waals surface area contributed by atoms with Crippen LogP contribution >= 0.6 is 11.6 Å². The number of carboxylic acid groups (broad SMARTS) is 1. The number of hydrogen-bond donors (Lipinski definition) is 2. The van der Waals surface area contributed by atoms with Crippen LogP contribution in [-0.2, 0) is 0 Å². The molecule has 25 heavy (non-hydrogen) atoms. The zero-order chi connectivity index (χ0) is 18.1. The highest BCUT2D eigenvalue weighted by Crippen LogP contribution is 2.27. The molecule has 3 rings (SSSR count). The molecule has 1 heterocycles. The number of halogens is 1. The van der Waals surface area contributed by atoms with Crippen LogP contribution in [0.25, 0.3) is 11.0 Å². The number of non-ortho nitro benzene ring substituents is 1. The van der Waals surface area contributed by atoms with Gasteiger partial charge in [-0.3, -0.25) is 14.9 Å². The number of nitrogens with one attached hydrogen (secondary N) is 1. The maximum atomic E-state index is 12.4. The third-order valence-corrected chi connectivity index (χ3v) is 3.80. The summed E-state index contributed by atoms with van der Waals surface area (Å²) in [5.74, 6) is -1.83. The van der Waals surface area contributed by atoms with Crippen molar-refractivity contribution in [2.75, 3.05) is 5.32 Å². The van der Waals surface area contributed by atoms with Gasteiger partial charge in [0.2, 0.25) is 0 Å². The molecule has 126 valence electrons. The Balaban J connectivity index is 1.95. The Morgan fingerprint density at radius 1 is 1.16 bits per heavy atom. The number of benzene rings is 2. The number of anilines is 1. The van der Waals surface area contributed by atoms with Gasteiger partial charge in [-0.1, -0.05) is 11.6 Å². The summed E-state index contributed by atoms with van der Waals surface area (Å²) in [5.41, 5.74) is 0.282. The van der Waals surface area contributed by atoms with Crippen molar-refractivity contribution in [2.24, 2.45) is 0 Å². The number of aromatic carboxylic acids is 1. The first-order valence-corrected chi connectivity index (χ1v) is 7.24. The third kappa shape index (κ3) is 3.15. The van der Waals surface area contributed by atoms with Gasteiger partial charge in [0.15, 0.2) is 0 Å². The second-order valence-corrected chi connectivity index (χ2v) is 5.45. The van der Waals surface area contributed by atoms with E-state index < -0.39 is 16.8 Å². The number of nitrogens with zero attached hydrogens (tertiary/aromatic N) is 1. The first kappa shape index (κ1) is 16.5. The van der Waals surface area contributed by atoms with Crippen molar-refractivity contribution in [1.82, 2.24) is 0 Å². The van der Waals surface area contributed by atoms with Gasteiger partial charge in [-0.05, 0) is 24.3 Å². The van der Waals surface area contributed by atoms with Crippen LogP contribution in [0.15, 0.2) is 47.1 Å². The Hall–Kier alpha value is -3.39. The molecule has 0 bridgehead atoms. The predicted molar refractivity (Wildman–Crippen MR) is 89.2 cm³/mol. The van der Waals surface area contributed by atoms with E-state index in [0.717, 1.165) is 0 Å². The molecule has 0 atom stereocenters. The zero-order valence-corrected chi connectivity index (χ0v) is 13.1. The van der Waals surface area contributed by atoms with Crippen molar-refractivity contribution < 1.29 is 24.0 Å². The van der Waals surface area contributed by atoms with Gasteiger partial charge in [-0.25, -0.2) is 4.79 Å². The molecule has 0 aliphatic rings. The molecule has 9 heteroatoms. The van der Waals surface area contributed by atoms with Gasteiger partial charge in [0.1, 0.15) is 11.8 Å². The molecule has 0 fully saturated rings. The summed E-state index contributed by atoms with van der Waals surface area (Å²) in [6, 6.07) is 7.91. The van der Waals surface area contributed by atoms with Crippen molar-refractivity contribution in [1.29, 1.82) is 0 Å². The molecule has 0 aliphatic carbocycles. The molecular formula is C16H9ClN2O6. The van der Waals surface area contributed by atoms with Crippen molar-refractivity contribution in [3.05, 3.63) is 68.9 Å². The van der Waals surface area contributed by atoms with E-state index in [0.29, 0.717) is 5.58 Å². The smallest absolute Gasteiger partial charge is 0.337 e. The van der Waals surface area contributed by atoms with Gasteiger partial charge in [-0.2, -0.15) is 0 Å². The lowest BCUT2D eigenvalue weighted by molar-refractivity contribution is -0.384. The van der Waals surface area contributed by atoms with Gasteiger partial charge < -0.3 is 14.8 Å². The number of nitro groups is 1. The number of carbonyl (C=O) groups excluding carboxylic acids is 1. The van der Waals surface area contributed by atoms with E-state index in [-0.39, 0.29) is 32.9 Å². The number of amides is 1. The molecule has 0 unspecified atom stereocenters. The molecule has 0 saturated carbocycles. The Bertz CT molecular complexity index is 1030. The number of carboxylic acids is 1. The molecule has 3 aromatic rings.